The van der Waals surface area contributed by atoms with Gasteiger partial charge in [0.25, 0.3) is 0 Å². The molecule has 0 radical (unpaired) electrons. The monoisotopic (exact) mass is 358 g/mol. The number of carbonyl (C=O) groups excluding carboxylic acids is 1. The van der Waals surface area contributed by atoms with Gasteiger partial charge in [0.2, 0.25) is 0 Å². The van der Waals surface area contributed by atoms with Gasteiger partial charge >= 0.3 is 0 Å². The second kappa shape index (κ2) is 9.95. The van der Waals surface area contributed by atoms with E-state index in [1.807, 2.05) is 30.3 Å². The molecule has 0 aromatic heterocycles. The van der Waals surface area contributed by atoms with Crippen LogP contribution in [-0.4, -0.2) is 26.2 Å². The van der Waals surface area contributed by atoms with Crippen molar-refractivity contribution in [1.82, 2.24) is 0 Å². The van der Waals surface area contributed by atoms with E-state index in [-0.39, 0.29) is 20.2 Å². The average molecular weight is 358 g/mol. The van der Waals surface area contributed by atoms with Gasteiger partial charge in [-0.25, -0.2) is 0 Å². The molecule has 0 saturated carbocycles. The zero-order valence-electron chi connectivity index (χ0n) is 14.6. The smallest absolute Gasteiger partial charge is 0.177 e. The summed E-state index contributed by atoms with van der Waals surface area (Å²) in [6.45, 7) is 0. The standard InChI is InChI=1S/C20H23O4P/c1-23-17-12-8-13-18(24-2)19(17)20(21)16(11-6-7-14-25-22)15-9-4-3-5-10-15/h3-5,8-10,12-13,16H,6-7,11,14H2,1-2H3. The Morgan fingerprint density at radius 3 is 2.16 bits per heavy atom. The van der Waals surface area contributed by atoms with Crippen molar-refractivity contribution in [2.75, 3.05) is 20.4 Å². The highest BCUT2D eigenvalue weighted by molar-refractivity contribution is 7.23. The van der Waals surface area contributed by atoms with Crippen LogP contribution in [0.4, 0.5) is 0 Å². The van der Waals surface area contributed by atoms with Crippen molar-refractivity contribution in [3.8, 4) is 11.5 Å². The molecule has 0 spiro atoms. The number of hydrogen-bond acceptors (Lipinski definition) is 4. The first-order valence-electron chi connectivity index (χ1n) is 8.32. The summed E-state index contributed by atoms with van der Waals surface area (Å²) in [7, 11) is 3.26. The summed E-state index contributed by atoms with van der Waals surface area (Å²) in [6.07, 6.45) is 2.97. The van der Waals surface area contributed by atoms with Crippen molar-refractivity contribution in [1.29, 1.82) is 0 Å². The van der Waals surface area contributed by atoms with Crippen LogP contribution < -0.4 is 9.47 Å². The predicted octanol–water partition coefficient (Wildman–Crippen LogP) is 5.13. The Morgan fingerprint density at radius 1 is 0.960 bits per heavy atom. The van der Waals surface area contributed by atoms with E-state index in [4.69, 9.17) is 9.47 Å². The van der Waals surface area contributed by atoms with Crippen LogP contribution in [0, 0.1) is 0 Å². The van der Waals surface area contributed by atoms with E-state index in [1.54, 1.807) is 32.4 Å². The highest BCUT2D eigenvalue weighted by Gasteiger charge is 2.27. The fourth-order valence-corrected chi connectivity index (χ4v) is 3.28. The number of carbonyl (C=O) groups is 1. The maximum absolute atomic E-state index is 13.3. The molecule has 0 saturated heterocycles. The lowest BCUT2D eigenvalue weighted by Gasteiger charge is -2.19. The molecule has 5 heteroatoms. The molecule has 0 bridgehead atoms. The first kappa shape index (κ1) is 19.1. The Balaban J connectivity index is 2.37. The summed E-state index contributed by atoms with van der Waals surface area (Å²) in [6, 6.07) is 15.1. The first-order valence-corrected chi connectivity index (χ1v) is 9.32. The minimum atomic E-state index is -0.283. The molecule has 2 aromatic rings. The van der Waals surface area contributed by atoms with Crippen molar-refractivity contribution in [3.05, 3.63) is 59.7 Å². The van der Waals surface area contributed by atoms with Crippen molar-refractivity contribution < 1.29 is 18.8 Å². The van der Waals surface area contributed by atoms with Crippen LogP contribution in [0.2, 0.25) is 0 Å². The zero-order valence-corrected chi connectivity index (χ0v) is 15.5. The van der Waals surface area contributed by atoms with Gasteiger partial charge in [-0.1, -0.05) is 42.8 Å². The van der Waals surface area contributed by atoms with Crippen LogP contribution in [0.5, 0.6) is 11.5 Å². The summed E-state index contributed by atoms with van der Waals surface area (Å²) >= 11 is 0. The van der Waals surface area contributed by atoms with Crippen molar-refractivity contribution in [2.45, 2.75) is 25.2 Å². The first-order chi connectivity index (χ1) is 12.2. The van der Waals surface area contributed by atoms with E-state index >= 15 is 0 Å². The maximum Gasteiger partial charge on any atom is 0.177 e. The maximum atomic E-state index is 13.3. The number of unbranched alkanes of at least 4 members (excludes halogenated alkanes) is 1. The summed E-state index contributed by atoms with van der Waals surface area (Å²) in [5.74, 6) is 0.738. The number of benzene rings is 2. The summed E-state index contributed by atoms with van der Waals surface area (Å²) < 4.78 is 21.4. The molecule has 0 aliphatic rings. The number of ether oxygens (including phenoxy) is 2. The van der Waals surface area contributed by atoms with E-state index in [0.29, 0.717) is 29.6 Å². The Morgan fingerprint density at radius 2 is 1.60 bits per heavy atom. The molecule has 0 fully saturated rings. The molecule has 1 unspecified atom stereocenters. The lowest BCUT2D eigenvalue weighted by atomic mass is 9.86. The van der Waals surface area contributed by atoms with Gasteiger partial charge in [0.05, 0.1) is 14.2 Å². The minimum absolute atomic E-state index is 0.0137. The van der Waals surface area contributed by atoms with Crippen LogP contribution >= 0.6 is 8.46 Å². The normalized spacial score (nSPS) is 11.9. The molecule has 0 N–H and O–H groups in total. The van der Waals surface area contributed by atoms with E-state index in [2.05, 4.69) is 0 Å². The molecule has 2 aromatic carbocycles. The van der Waals surface area contributed by atoms with Gasteiger partial charge in [-0.15, -0.1) is 0 Å². The van der Waals surface area contributed by atoms with Gasteiger partial charge < -0.3 is 9.47 Å². The molecule has 4 nitrogen and oxygen atoms in total. The third-order valence-corrected chi connectivity index (χ3v) is 4.68. The number of Topliss-reactive ketones (excluding diaryl/α,β-unsaturated/α-hetero) is 1. The molecular weight excluding hydrogens is 335 g/mol. The van der Waals surface area contributed by atoms with Gasteiger partial charge in [-0.05, 0) is 30.5 Å². The molecular formula is C20H23O4P. The Kier molecular flexibility index (Phi) is 7.62. The van der Waals surface area contributed by atoms with Crippen LogP contribution in [0.1, 0.15) is 41.1 Å². The second-order valence-corrected chi connectivity index (χ2v) is 6.42. The minimum Gasteiger partial charge on any atom is -0.496 e. The topological polar surface area (TPSA) is 52.6 Å². The zero-order chi connectivity index (χ0) is 18.1. The van der Waals surface area contributed by atoms with Crippen LogP contribution in [0.25, 0.3) is 0 Å². The van der Waals surface area contributed by atoms with Crippen LogP contribution in [0.15, 0.2) is 48.5 Å². The quantitative estimate of drug-likeness (QED) is 0.335. The number of ketones is 1. The number of methoxy groups -OCH3 is 2. The molecule has 0 aliphatic carbocycles. The molecule has 0 aliphatic heterocycles. The Labute approximate surface area is 150 Å². The van der Waals surface area contributed by atoms with Crippen molar-refractivity contribution in [2.24, 2.45) is 0 Å². The van der Waals surface area contributed by atoms with Gasteiger partial charge in [-0.3, -0.25) is 9.36 Å². The van der Waals surface area contributed by atoms with Crippen LogP contribution in [-0.2, 0) is 4.57 Å². The predicted molar refractivity (Wildman–Crippen MR) is 99.4 cm³/mol. The summed E-state index contributed by atoms with van der Waals surface area (Å²) in [4.78, 5) is 13.3. The average Bonchev–Trinajstić information content (AvgIpc) is 2.67. The number of rotatable bonds is 10. The van der Waals surface area contributed by atoms with Crippen molar-refractivity contribution >= 4 is 14.2 Å². The van der Waals surface area contributed by atoms with E-state index in [1.165, 1.54) is 0 Å². The van der Waals surface area contributed by atoms with E-state index < -0.39 is 0 Å². The largest absolute Gasteiger partial charge is 0.496 e. The fraction of sp³-hybridized carbons (Fsp3) is 0.350. The SMILES string of the molecule is COc1cccc(OC)c1C(=O)C(CCCCP=O)c1ccccc1. The van der Waals surface area contributed by atoms with Gasteiger partial charge in [0.1, 0.15) is 17.1 Å². The molecule has 0 heterocycles. The molecule has 2 rings (SSSR count). The highest BCUT2D eigenvalue weighted by Crippen LogP contribution is 2.35. The molecule has 1 atom stereocenters. The molecule has 25 heavy (non-hydrogen) atoms. The lowest BCUT2D eigenvalue weighted by Crippen LogP contribution is -2.15. The van der Waals surface area contributed by atoms with Crippen molar-refractivity contribution in [3.63, 3.8) is 0 Å². The Bertz CT molecular complexity index is 678. The van der Waals surface area contributed by atoms with Gasteiger partial charge in [0, 0.05) is 12.1 Å². The van der Waals surface area contributed by atoms with Gasteiger partial charge in [0.15, 0.2) is 14.2 Å². The fourth-order valence-electron chi connectivity index (χ4n) is 2.93. The molecule has 132 valence electrons. The summed E-state index contributed by atoms with van der Waals surface area (Å²) in [5.41, 5.74) is 1.45. The summed E-state index contributed by atoms with van der Waals surface area (Å²) in [5, 5.41) is 0. The number of hydrogen-bond donors (Lipinski definition) is 0. The van der Waals surface area contributed by atoms with Crippen LogP contribution in [0.3, 0.4) is 0 Å². The molecule has 0 amide bonds. The van der Waals surface area contributed by atoms with Gasteiger partial charge in [-0.2, -0.15) is 0 Å². The highest BCUT2D eigenvalue weighted by atomic mass is 31.1. The third-order valence-electron chi connectivity index (χ3n) is 4.18. The Hall–Kier alpha value is -2.19. The third kappa shape index (κ3) is 4.90. The van der Waals surface area contributed by atoms with E-state index in [0.717, 1.165) is 18.4 Å². The lowest BCUT2D eigenvalue weighted by molar-refractivity contribution is 0.0947. The van der Waals surface area contributed by atoms with E-state index in [9.17, 15) is 9.36 Å². The second-order valence-electron chi connectivity index (χ2n) is 5.71.